The molecule has 0 fully saturated rings. The van der Waals surface area contributed by atoms with Crippen LogP contribution in [0.2, 0.25) is 0 Å². The Hall–Kier alpha value is -2.10. The van der Waals surface area contributed by atoms with Crippen LogP contribution in [-0.2, 0) is 20.7 Å². The van der Waals surface area contributed by atoms with E-state index in [4.69, 9.17) is 9.26 Å². The second kappa shape index (κ2) is 8.13. The van der Waals surface area contributed by atoms with Crippen molar-refractivity contribution in [1.82, 2.24) is 5.09 Å². The van der Waals surface area contributed by atoms with Crippen molar-refractivity contribution in [2.75, 3.05) is 6.66 Å². The minimum absolute atomic E-state index is 0.179. The smallest absolute Gasteiger partial charge is 0.323 e. The summed E-state index contributed by atoms with van der Waals surface area (Å²) in [5.74, 6) is 0.0113. The second-order valence-electron chi connectivity index (χ2n) is 5.69. The topological polar surface area (TPSA) is 64.6 Å². The summed E-state index contributed by atoms with van der Waals surface area (Å²) in [6.07, 6.45) is 0. The lowest BCUT2D eigenvalue weighted by atomic mass is 10.2. The minimum Gasteiger partial charge on any atom is -0.460 e. The molecule has 2 aromatic rings. The number of aryl methyl sites for hydroxylation is 1. The van der Waals surface area contributed by atoms with Gasteiger partial charge in [0.2, 0.25) is 0 Å². The molecule has 0 amide bonds. The van der Waals surface area contributed by atoms with E-state index in [0.717, 1.165) is 11.1 Å². The average molecular weight is 347 g/mol. The number of benzene rings is 2. The van der Waals surface area contributed by atoms with Crippen LogP contribution >= 0.6 is 7.52 Å². The highest BCUT2D eigenvalue weighted by atomic mass is 31.2. The van der Waals surface area contributed by atoms with Gasteiger partial charge in [0.1, 0.15) is 18.4 Å². The van der Waals surface area contributed by atoms with Gasteiger partial charge in [0, 0.05) is 6.66 Å². The van der Waals surface area contributed by atoms with E-state index in [1.807, 2.05) is 49.4 Å². The maximum absolute atomic E-state index is 12.5. The summed E-state index contributed by atoms with van der Waals surface area (Å²) in [5, 5.41) is 2.71. The lowest BCUT2D eigenvalue weighted by Gasteiger charge is -2.20. The Morgan fingerprint density at radius 2 is 1.75 bits per heavy atom. The first-order chi connectivity index (χ1) is 11.4. The molecule has 0 aliphatic rings. The molecule has 2 aromatic carbocycles. The zero-order chi connectivity index (χ0) is 17.6. The first-order valence-electron chi connectivity index (χ1n) is 7.68. The largest absolute Gasteiger partial charge is 0.460 e. The fourth-order valence-electron chi connectivity index (χ4n) is 2.08. The van der Waals surface area contributed by atoms with Crippen LogP contribution in [0.5, 0.6) is 5.75 Å². The number of esters is 1. The fraction of sp³-hybridized carbons (Fsp3) is 0.278. The van der Waals surface area contributed by atoms with Crippen molar-refractivity contribution in [3.63, 3.8) is 0 Å². The highest BCUT2D eigenvalue weighted by molar-refractivity contribution is 7.56. The zero-order valence-electron chi connectivity index (χ0n) is 14.1. The van der Waals surface area contributed by atoms with Crippen molar-refractivity contribution in [2.45, 2.75) is 26.5 Å². The molecule has 24 heavy (non-hydrogen) atoms. The molecule has 0 saturated carbocycles. The quantitative estimate of drug-likeness (QED) is 0.607. The Morgan fingerprint density at radius 3 is 2.38 bits per heavy atom. The normalized spacial score (nSPS) is 14.5. The van der Waals surface area contributed by atoms with Crippen LogP contribution in [0.15, 0.2) is 54.6 Å². The molecule has 1 N–H and O–H groups in total. The van der Waals surface area contributed by atoms with E-state index in [0.29, 0.717) is 5.75 Å². The first-order valence-corrected chi connectivity index (χ1v) is 9.75. The molecule has 6 heteroatoms. The summed E-state index contributed by atoms with van der Waals surface area (Å²) >= 11 is 0. The molecule has 1 unspecified atom stereocenters. The maximum Gasteiger partial charge on any atom is 0.323 e. The van der Waals surface area contributed by atoms with Gasteiger partial charge in [-0.25, -0.2) is 5.09 Å². The first kappa shape index (κ1) is 18.2. The van der Waals surface area contributed by atoms with Crippen LogP contribution < -0.4 is 9.61 Å². The third-order valence-electron chi connectivity index (χ3n) is 3.31. The lowest BCUT2D eigenvalue weighted by Crippen LogP contribution is -2.34. The molecular formula is C18H22NO4P. The summed E-state index contributed by atoms with van der Waals surface area (Å²) in [6.45, 7) is 5.17. The van der Waals surface area contributed by atoms with Gasteiger partial charge in [-0.3, -0.25) is 9.36 Å². The second-order valence-corrected chi connectivity index (χ2v) is 7.83. The third-order valence-corrected chi connectivity index (χ3v) is 4.72. The maximum atomic E-state index is 12.5. The number of nitrogens with one attached hydrogen (secondary N) is 1. The third kappa shape index (κ3) is 5.84. The van der Waals surface area contributed by atoms with E-state index in [1.165, 1.54) is 6.66 Å². The monoisotopic (exact) mass is 347 g/mol. The molecule has 0 bridgehead atoms. The molecule has 0 radical (unpaired) electrons. The Bertz CT molecular complexity index is 716. The van der Waals surface area contributed by atoms with Crippen LogP contribution in [0.3, 0.4) is 0 Å². The van der Waals surface area contributed by atoms with Gasteiger partial charge in [-0.2, -0.15) is 0 Å². The SMILES string of the molecule is Cc1ccc(OP(C)(=O)N[C@@H](C)C(=O)OCc2ccccc2)cc1. The van der Waals surface area contributed by atoms with Gasteiger partial charge in [-0.1, -0.05) is 48.0 Å². The molecule has 5 nitrogen and oxygen atoms in total. The number of ether oxygens (including phenoxy) is 1. The predicted molar refractivity (Wildman–Crippen MR) is 94.2 cm³/mol. The Kier molecular flexibility index (Phi) is 6.18. The number of hydrogen-bond acceptors (Lipinski definition) is 4. The molecule has 0 saturated heterocycles. The number of hydrogen-bond donors (Lipinski definition) is 1. The number of carbonyl (C=O) groups is 1. The van der Waals surface area contributed by atoms with Gasteiger partial charge >= 0.3 is 13.5 Å². The van der Waals surface area contributed by atoms with Crippen LogP contribution in [0.1, 0.15) is 18.1 Å². The average Bonchev–Trinajstić information content (AvgIpc) is 2.55. The van der Waals surface area contributed by atoms with Crippen LogP contribution in [-0.4, -0.2) is 18.7 Å². The molecule has 0 aromatic heterocycles. The van der Waals surface area contributed by atoms with Gasteiger partial charge in [-0.05, 0) is 31.5 Å². The highest BCUT2D eigenvalue weighted by Gasteiger charge is 2.25. The summed E-state index contributed by atoms with van der Waals surface area (Å²) in [6, 6.07) is 15.9. The van der Waals surface area contributed by atoms with Gasteiger partial charge in [0.25, 0.3) is 0 Å². The van der Waals surface area contributed by atoms with Crippen LogP contribution in [0, 0.1) is 6.92 Å². The van der Waals surface area contributed by atoms with E-state index < -0.39 is 19.5 Å². The van der Waals surface area contributed by atoms with E-state index >= 15 is 0 Å². The fourth-order valence-corrected chi connectivity index (χ4v) is 3.47. The van der Waals surface area contributed by atoms with Crippen molar-refractivity contribution in [1.29, 1.82) is 0 Å². The van der Waals surface area contributed by atoms with Gasteiger partial charge in [0.05, 0.1) is 0 Å². The Balaban J connectivity index is 1.87. The molecule has 128 valence electrons. The summed E-state index contributed by atoms with van der Waals surface area (Å²) < 4.78 is 23.2. The van der Waals surface area contributed by atoms with Gasteiger partial charge in [0.15, 0.2) is 0 Å². The van der Waals surface area contributed by atoms with Crippen LogP contribution in [0.25, 0.3) is 0 Å². The zero-order valence-corrected chi connectivity index (χ0v) is 15.0. The Morgan fingerprint density at radius 1 is 1.12 bits per heavy atom. The van der Waals surface area contributed by atoms with E-state index in [2.05, 4.69) is 5.09 Å². The van der Waals surface area contributed by atoms with Crippen molar-refractivity contribution in [3.05, 3.63) is 65.7 Å². The van der Waals surface area contributed by atoms with Crippen LogP contribution in [0.4, 0.5) is 0 Å². The van der Waals surface area contributed by atoms with Gasteiger partial charge < -0.3 is 9.26 Å². The standard InChI is InChI=1S/C18H22NO4P/c1-14-9-11-17(12-10-14)23-24(3,21)19-15(2)18(20)22-13-16-7-5-4-6-8-16/h4-12,15H,13H2,1-3H3,(H,19,21)/t15-,24?/m0/s1. The molecule has 0 spiro atoms. The molecule has 2 rings (SSSR count). The van der Waals surface area contributed by atoms with Crippen molar-refractivity contribution >= 4 is 13.5 Å². The summed E-state index contributed by atoms with van der Waals surface area (Å²) in [4.78, 5) is 12.0. The molecule has 2 atom stereocenters. The molecular weight excluding hydrogens is 325 g/mol. The van der Waals surface area contributed by atoms with E-state index in [-0.39, 0.29) is 6.61 Å². The molecule has 0 aliphatic carbocycles. The van der Waals surface area contributed by atoms with Crippen molar-refractivity contribution in [2.24, 2.45) is 0 Å². The minimum atomic E-state index is -3.19. The molecule has 0 heterocycles. The van der Waals surface area contributed by atoms with Gasteiger partial charge in [-0.15, -0.1) is 0 Å². The summed E-state index contributed by atoms with van der Waals surface area (Å²) in [5.41, 5.74) is 1.98. The predicted octanol–water partition coefficient (Wildman–Crippen LogP) is 3.92. The number of rotatable bonds is 7. The number of carbonyl (C=O) groups excluding carboxylic acids is 1. The van der Waals surface area contributed by atoms with E-state index in [9.17, 15) is 9.36 Å². The van der Waals surface area contributed by atoms with E-state index in [1.54, 1.807) is 19.1 Å². The van der Waals surface area contributed by atoms with Crippen molar-refractivity contribution in [3.8, 4) is 5.75 Å². The Labute approximate surface area is 142 Å². The molecule has 0 aliphatic heterocycles. The highest BCUT2D eigenvalue weighted by Crippen LogP contribution is 2.39. The lowest BCUT2D eigenvalue weighted by molar-refractivity contribution is -0.146. The van der Waals surface area contributed by atoms with Crippen molar-refractivity contribution < 1.29 is 18.6 Å². The summed E-state index contributed by atoms with van der Waals surface area (Å²) in [7, 11) is -3.19.